The summed E-state index contributed by atoms with van der Waals surface area (Å²) in [5.74, 6) is 1.21. The Labute approximate surface area is 219 Å². The molecule has 0 atom stereocenters. The normalized spacial score (nSPS) is 10.4. The van der Waals surface area contributed by atoms with Gasteiger partial charge >= 0.3 is 6.18 Å². The summed E-state index contributed by atoms with van der Waals surface area (Å²) in [6.45, 7) is 10.4. The van der Waals surface area contributed by atoms with E-state index in [9.17, 15) is 13.2 Å². The van der Waals surface area contributed by atoms with Gasteiger partial charge in [0.25, 0.3) is 0 Å². The number of pyridine rings is 2. The summed E-state index contributed by atoms with van der Waals surface area (Å²) in [5.41, 5.74) is 7.80. The zero-order valence-corrected chi connectivity index (χ0v) is 22.0. The molecule has 6 nitrogen and oxygen atoms in total. The molecule has 0 saturated carbocycles. The first-order valence-electron chi connectivity index (χ1n) is 10.9. The molecule has 0 spiro atoms. The van der Waals surface area contributed by atoms with Crippen LogP contribution in [0.1, 0.15) is 30.7 Å². The number of nitrogen functional groups attached to an aromatic ring is 1. The standard InChI is InChI=1S/C15H18ClN5.C8H6ClF3.C2H6O/c1-4-21(14-7-5-6-13(17)20-14)10(2)15-12(18-3)8-11(16)9-19-15;1-5-2-3-7(9)6(4-5)8(10,11)12;1-2-3/h5-9,18H,2,4H2,1,3H3,(H2,17,20);2-4H,1H3;3H,2H2,1H3. The van der Waals surface area contributed by atoms with Gasteiger partial charge in [0.2, 0.25) is 0 Å². The third-order valence-electron chi connectivity index (χ3n) is 4.50. The van der Waals surface area contributed by atoms with Gasteiger partial charge in [0.1, 0.15) is 17.3 Å². The Kier molecular flexibility index (Phi) is 12.5. The quantitative estimate of drug-likeness (QED) is 0.323. The van der Waals surface area contributed by atoms with Crippen LogP contribution in [0.4, 0.5) is 30.5 Å². The number of nitrogens with two attached hydrogens (primary N) is 1. The maximum absolute atomic E-state index is 12.1. The fraction of sp³-hybridized carbons (Fsp3) is 0.280. The van der Waals surface area contributed by atoms with Crippen molar-refractivity contribution in [3.63, 3.8) is 0 Å². The third-order valence-corrected chi connectivity index (χ3v) is 5.04. The van der Waals surface area contributed by atoms with Crippen molar-refractivity contribution < 1.29 is 18.3 Å². The molecule has 196 valence electrons. The van der Waals surface area contributed by atoms with Gasteiger partial charge in [-0.25, -0.2) is 4.98 Å². The van der Waals surface area contributed by atoms with Crippen molar-refractivity contribution in [1.29, 1.82) is 0 Å². The summed E-state index contributed by atoms with van der Waals surface area (Å²) in [6.07, 6.45) is -2.76. The number of aromatic nitrogens is 2. The number of aliphatic hydroxyl groups excluding tert-OH is 1. The number of anilines is 3. The highest BCUT2D eigenvalue weighted by molar-refractivity contribution is 6.31. The first-order chi connectivity index (χ1) is 16.9. The monoisotopic (exact) mass is 543 g/mol. The Balaban J connectivity index is 0.000000365. The Hall–Kier alpha value is -3.01. The van der Waals surface area contributed by atoms with Crippen LogP contribution >= 0.6 is 23.2 Å². The lowest BCUT2D eigenvalue weighted by molar-refractivity contribution is -0.137. The maximum atomic E-state index is 12.1. The first-order valence-corrected chi connectivity index (χ1v) is 11.6. The Morgan fingerprint density at radius 2 is 1.81 bits per heavy atom. The van der Waals surface area contributed by atoms with E-state index < -0.39 is 11.7 Å². The van der Waals surface area contributed by atoms with Crippen LogP contribution in [-0.4, -0.2) is 35.3 Å². The summed E-state index contributed by atoms with van der Waals surface area (Å²) >= 11 is 11.3. The van der Waals surface area contributed by atoms with E-state index in [1.807, 2.05) is 37.1 Å². The van der Waals surface area contributed by atoms with E-state index in [0.29, 0.717) is 22.9 Å². The second-order valence-electron chi connectivity index (χ2n) is 7.21. The van der Waals surface area contributed by atoms with Crippen LogP contribution in [0.2, 0.25) is 10.0 Å². The lowest BCUT2D eigenvalue weighted by atomic mass is 10.1. The molecule has 0 fully saturated rings. The van der Waals surface area contributed by atoms with E-state index >= 15 is 0 Å². The smallest absolute Gasteiger partial charge is 0.397 e. The van der Waals surface area contributed by atoms with Crippen LogP contribution in [0.25, 0.3) is 5.70 Å². The van der Waals surface area contributed by atoms with Crippen LogP contribution in [0.3, 0.4) is 0 Å². The summed E-state index contributed by atoms with van der Waals surface area (Å²) in [7, 11) is 1.82. The summed E-state index contributed by atoms with van der Waals surface area (Å²) in [5, 5.41) is 11.0. The minimum absolute atomic E-state index is 0.250. The molecule has 0 amide bonds. The molecular weight excluding hydrogens is 514 g/mol. The lowest BCUT2D eigenvalue weighted by Gasteiger charge is -2.25. The number of rotatable bonds is 5. The lowest BCUT2D eigenvalue weighted by Crippen LogP contribution is -2.22. The number of halogens is 5. The molecule has 36 heavy (non-hydrogen) atoms. The van der Waals surface area contributed by atoms with Gasteiger partial charge in [-0.2, -0.15) is 13.2 Å². The third kappa shape index (κ3) is 9.22. The van der Waals surface area contributed by atoms with E-state index in [1.54, 1.807) is 26.1 Å². The number of aryl methyl sites for hydroxylation is 1. The molecule has 0 unspecified atom stereocenters. The number of nitrogens with one attached hydrogen (secondary N) is 1. The molecule has 11 heteroatoms. The highest BCUT2D eigenvalue weighted by Crippen LogP contribution is 2.35. The molecule has 0 aliphatic heterocycles. The second kappa shape index (κ2) is 14.5. The highest BCUT2D eigenvalue weighted by atomic mass is 35.5. The second-order valence-corrected chi connectivity index (χ2v) is 8.05. The van der Waals surface area contributed by atoms with Crippen molar-refractivity contribution in [3.8, 4) is 0 Å². The number of aliphatic hydroxyl groups is 1. The van der Waals surface area contributed by atoms with Gasteiger partial charge < -0.3 is 21.1 Å². The summed E-state index contributed by atoms with van der Waals surface area (Å²) < 4.78 is 36.4. The van der Waals surface area contributed by atoms with E-state index in [4.69, 9.17) is 34.0 Å². The van der Waals surface area contributed by atoms with Gasteiger partial charge in [-0.3, -0.25) is 4.98 Å². The average molecular weight is 544 g/mol. The summed E-state index contributed by atoms with van der Waals surface area (Å²) in [4.78, 5) is 10.7. The van der Waals surface area contributed by atoms with E-state index in [0.717, 1.165) is 29.0 Å². The highest BCUT2D eigenvalue weighted by Gasteiger charge is 2.32. The van der Waals surface area contributed by atoms with Crippen LogP contribution in [-0.2, 0) is 6.18 Å². The predicted molar refractivity (Wildman–Crippen MR) is 143 cm³/mol. The van der Waals surface area contributed by atoms with E-state index in [-0.39, 0.29) is 11.6 Å². The molecule has 0 bridgehead atoms. The number of benzene rings is 1. The van der Waals surface area contributed by atoms with Crippen LogP contribution in [0, 0.1) is 6.92 Å². The molecule has 4 N–H and O–H groups in total. The summed E-state index contributed by atoms with van der Waals surface area (Å²) in [6, 6.07) is 11.1. The van der Waals surface area contributed by atoms with Crippen molar-refractivity contribution in [2.24, 2.45) is 0 Å². The minimum Gasteiger partial charge on any atom is -0.397 e. The molecule has 2 aromatic heterocycles. The van der Waals surface area contributed by atoms with Gasteiger partial charge in [-0.15, -0.1) is 0 Å². The number of nitrogens with zero attached hydrogens (tertiary/aromatic N) is 3. The molecule has 0 aliphatic carbocycles. The topological polar surface area (TPSA) is 87.3 Å². The van der Waals surface area contributed by atoms with Crippen LogP contribution in [0.15, 0.2) is 55.2 Å². The molecule has 1 aromatic carbocycles. The van der Waals surface area contributed by atoms with Gasteiger partial charge in [0.05, 0.1) is 27.0 Å². The molecular formula is C25H30Cl2F3N5O. The van der Waals surface area contributed by atoms with Crippen molar-refractivity contribution >= 4 is 46.2 Å². The van der Waals surface area contributed by atoms with Gasteiger partial charge in [0, 0.05) is 26.4 Å². The zero-order chi connectivity index (χ0) is 27.5. The largest absolute Gasteiger partial charge is 0.417 e. The van der Waals surface area contributed by atoms with Crippen molar-refractivity contribution in [2.75, 3.05) is 36.1 Å². The van der Waals surface area contributed by atoms with Gasteiger partial charge in [-0.1, -0.05) is 47.5 Å². The SMILES string of the molecule is C=C(c1ncc(Cl)cc1NC)N(CC)c1cccc(N)n1.CCO.Cc1ccc(Cl)c(C(F)(F)F)c1. The zero-order valence-electron chi connectivity index (χ0n) is 20.5. The molecule has 3 rings (SSSR count). The Bertz CT molecular complexity index is 1140. The minimum atomic E-state index is -4.36. The molecule has 3 aromatic rings. The van der Waals surface area contributed by atoms with Crippen molar-refractivity contribution in [2.45, 2.75) is 26.9 Å². The Morgan fingerprint density at radius 3 is 2.31 bits per heavy atom. The van der Waals surface area contributed by atoms with Crippen molar-refractivity contribution in [3.05, 3.63) is 82.1 Å². The molecule has 0 aliphatic rings. The maximum Gasteiger partial charge on any atom is 0.417 e. The predicted octanol–water partition coefficient (Wildman–Crippen LogP) is 6.92. The Morgan fingerprint density at radius 1 is 1.17 bits per heavy atom. The first kappa shape index (κ1) is 31.0. The van der Waals surface area contributed by atoms with E-state index in [1.165, 1.54) is 12.1 Å². The average Bonchev–Trinajstić information content (AvgIpc) is 2.81. The van der Waals surface area contributed by atoms with E-state index in [2.05, 4.69) is 21.9 Å². The van der Waals surface area contributed by atoms with Crippen molar-refractivity contribution in [1.82, 2.24) is 9.97 Å². The molecule has 0 saturated heterocycles. The number of alkyl halides is 3. The number of hydrogen-bond acceptors (Lipinski definition) is 6. The van der Waals surface area contributed by atoms with Gasteiger partial charge in [-0.05, 0) is 51.1 Å². The fourth-order valence-electron chi connectivity index (χ4n) is 2.93. The van der Waals surface area contributed by atoms with Gasteiger partial charge in [0.15, 0.2) is 0 Å². The molecule has 2 heterocycles. The van der Waals surface area contributed by atoms with Crippen LogP contribution < -0.4 is 16.0 Å². The van der Waals surface area contributed by atoms with Crippen LogP contribution in [0.5, 0.6) is 0 Å². The molecule has 0 radical (unpaired) electrons. The fourth-order valence-corrected chi connectivity index (χ4v) is 3.31. The number of hydrogen-bond donors (Lipinski definition) is 3.